The summed E-state index contributed by atoms with van der Waals surface area (Å²) in [5.41, 5.74) is 4.61. The number of aryl methyl sites for hydroxylation is 1. The highest BCUT2D eigenvalue weighted by Crippen LogP contribution is 2.34. The van der Waals surface area contributed by atoms with Gasteiger partial charge in [-0.15, -0.1) is 11.3 Å². The van der Waals surface area contributed by atoms with Gasteiger partial charge in [0.25, 0.3) is 0 Å². The van der Waals surface area contributed by atoms with Crippen molar-refractivity contribution in [3.05, 3.63) is 49.9 Å². The quantitative estimate of drug-likeness (QED) is 0.658. The molecule has 0 amide bonds. The van der Waals surface area contributed by atoms with Gasteiger partial charge in [-0.1, -0.05) is 6.07 Å². The molecule has 2 rings (SSSR count). The molecule has 0 bridgehead atoms. The standard InChI is InChI=1S/C13H14BrFN2OS/c1-7-5-11(19-13(7)14)12(17-16)8-3-4-10(18-2)9(15)6-8/h3-6,12,17H,16H2,1-2H3. The number of nitrogens with two attached hydrogens (primary N) is 1. The van der Waals surface area contributed by atoms with Crippen LogP contribution in [0.4, 0.5) is 4.39 Å². The lowest BCUT2D eigenvalue weighted by Crippen LogP contribution is -2.28. The Morgan fingerprint density at radius 2 is 2.16 bits per heavy atom. The van der Waals surface area contributed by atoms with Gasteiger partial charge in [-0.3, -0.25) is 5.84 Å². The number of hydrogen-bond donors (Lipinski definition) is 2. The highest BCUT2D eigenvalue weighted by Gasteiger charge is 2.17. The molecule has 2 aromatic rings. The van der Waals surface area contributed by atoms with Crippen molar-refractivity contribution in [3.8, 4) is 5.75 Å². The lowest BCUT2D eigenvalue weighted by atomic mass is 10.1. The van der Waals surface area contributed by atoms with Gasteiger partial charge in [0.05, 0.1) is 16.9 Å². The monoisotopic (exact) mass is 344 g/mol. The number of nitrogens with one attached hydrogen (secondary N) is 1. The van der Waals surface area contributed by atoms with Crippen molar-refractivity contribution in [2.45, 2.75) is 13.0 Å². The van der Waals surface area contributed by atoms with Gasteiger partial charge in [0, 0.05) is 4.88 Å². The van der Waals surface area contributed by atoms with E-state index >= 15 is 0 Å². The molecule has 102 valence electrons. The van der Waals surface area contributed by atoms with E-state index in [0.717, 1.165) is 19.8 Å². The molecule has 0 aliphatic carbocycles. The zero-order valence-electron chi connectivity index (χ0n) is 10.5. The van der Waals surface area contributed by atoms with Crippen LogP contribution in [-0.2, 0) is 0 Å². The first-order chi connectivity index (χ1) is 9.06. The maximum absolute atomic E-state index is 13.7. The third-order valence-corrected chi connectivity index (χ3v) is 5.04. The Labute approximate surface area is 123 Å². The Kier molecular flexibility index (Phi) is 4.57. The Morgan fingerprint density at radius 3 is 2.63 bits per heavy atom. The first-order valence-electron chi connectivity index (χ1n) is 5.62. The second-order valence-corrected chi connectivity index (χ2v) is 6.50. The molecule has 0 aliphatic heterocycles. The minimum atomic E-state index is -0.396. The van der Waals surface area contributed by atoms with Crippen molar-refractivity contribution in [1.29, 1.82) is 0 Å². The number of hydrogen-bond acceptors (Lipinski definition) is 4. The molecule has 1 unspecified atom stereocenters. The second kappa shape index (κ2) is 6.00. The normalized spacial score (nSPS) is 12.5. The van der Waals surface area contributed by atoms with Gasteiger partial charge in [0.1, 0.15) is 0 Å². The van der Waals surface area contributed by atoms with E-state index in [1.165, 1.54) is 13.2 Å². The molecule has 0 spiro atoms. The summed E-state index contributed by atoms with van der Waals surface area (Å²) in [5, 5.41) is 0. The van der Waals surface area contributed by atoms with E-state index in [9.17, 15) is 4.39 Å². The van der Waals surface area contributed by atoms with Gasteiger partial charge in [-0.25, -0.2) is 9.82 Å². The van der Waals surface area contributed by atoms with Crippen molar-refractivity contribution in [1.82, 2.24) is 5.43 Å². The molecular weight excluding hydrogens is 331 g/mol. The molecule has 19 heavy (non-hydrogen) atoms. The van der Waals surface area contributed by atoms with Gasteiger partial charge < -0.3 is 4.74 Å². The van der Waals surface area contributed by atoms with Crippen molar-refractivity contribution in [2.75, 3.05) is 7.11 Å². The zero-order chi connectivity index (χ0) is 14.0. The highest BCUT2D eigenvalue weighted by atomic mass is 79.9. The Morgan fingerprint density at radius 1 is 1.42 bits per heavy atom. The number of halogens is 2. The van der Waals surface area contributed by atoms with Crippen LogP contribution in [0.5, 0.6) is 5.75 Å². The summed E-state index contributed by atoms with van der Waals surface area (Å²) in [7, 11) is 1.44. The van der Waals surface area contributed by atoms with Crippen LogP contribution >= 0.6 is 27.3 Å². The van der Waals surface area contributed by atoms with Gasteiger partial charge in [0.2, 0.25) is 0 Å². The van der Waals surface area contributed by atoms with E-state index in [1.54, 1.807) is 23.5 Å². The molecule has 0 aliphatic rings. The molecule has 6 heteroatoms. The SMILES string of the molecule is COc1ccc(C(NN)c2cc(C)c(Br)s2)cc1F. The summed E-state index contributed by atoms with van der Waals surface area (Å²) in [6.45, 7) is 2.01. The van der Waals surface area contributed by atoms with Crippen LogP contribution in [0.2, 0.25) is 0 Å². The predicted octanol–water partition coefficient (Wildman–Crippen LogP) is 3.52. The Balaban J connectivity index is 2.39. The number of rotatable bonds is 4. The van der Waals surface area contributed by atoms with Crippen LogP contribution < -0.4 is 16.0 Å². The summed E-state index contributed by atoms with van der Waals surface area (Å²) >= 11 is 5.06. The van der Waals surface area contributed by atoms with Crippen LogP contribution in [0.3, 0.4) is 0 Å². The Hall–Kier alpha value is -0.950. The number of ether oxygens (including phenoxy) is 1. The van der Waals surface area contributed by atoms with Crippen LogP contribution in [0.1, 0.15) is 22.0 Å². The molecule has 1 heterocycles. The second-order valence-electron chi connectivity index (χ2n) is 4.10. The van der Waals surface area contributed by atoms with Crippen LogP contribution in [0.15, 0.2) is 28.1 Å². The summed E-state index contributed by atoms with van der Waals surface area (Å²) in [5.74, 6) is 5.43. The number of benzene rings is 1. The number of hydrazine groups is 1. The molecule has 3 nitrogen and oxygen atoms in total. The summed E-state index contributed by atoms with van der Waals surface area (Å²) < 4.78 is 19.7. The minimum absolute atomic E-state index is 0.225. The third kappa shape index (κ3) is 2.97. The molecule has 0 radical (unpaired) electrons. The maximum atomic E-state index is 13.7. The predicted molar refractivity (Wildman–Crippen MR) is 78.9 cm³/mol. The van der Waals surface area contributed by atoms with E-state index in [1.807, 2.05) is 13.0 Å². The van der Waals surface area contributed by atoms with Crippen LogP contribution in [0.25, 0.3) is 0 Å². The van der Waals surface area contributed by atoms with E-state index in [4.69, 9.17) is 10.6 Å². The largest absolute Gasteiger partial charge is 0.494 e. The fourth-order valence-corrected chi connectivity index (χ4v) is 3.49. The van der Waals surface area contributed by atoms with Gasteiger partial charge in [-0.2, -0.15) is 0 Å². The van der Waals surface area contributed by atoms with E-state index in [0.29, 0.717) is 0 Å². The van der Waals surface area contributed by atoms with E-state index < -0.39 is 5.82 Å². The molecule has 1 atom stereocenters. The fraction of sp³-hybridized carbons (Fsp3) is 0.231. The van der Waals surface area contributed by atoms with E-state index in [2.05, 4.69) is 21.4 Å². The van der Waals surface area contributed by atoms with Gasteiger partial charge >= 0.3 is 0 Å². The minimum Gasteiger partial charge on any atom is -0.494 e. The molecule has 1 aromatic heterocycles. The average Bonchev–Trinajstić information content (AvgIpc) is 2.70. The van der Waals surface area contributed by atoms with Gasteiger partial charge in [-0.05, 0) is 52.2 Å². The number of methoxy groups -OCH3 is 1. The summed E-state index contributed by atoms with van der Waals surface area (Å²) in [6.07, 6.45) is 0. The smallest absolute Gasteiger partial charge is 0.165 e. The van der Waals surface area contributed by atoms with Crippen molar-refractivity contribution < 1.29 is 9.13 Å². The first kappa shape index (κ1) is 14.5. The summed E-state index contributed by atoms with van der Waals surface area (Å²) in [6, 6.07) is 6.63. The van der Waals surface area contributed by atoms with Crippen LogP contribution in [0, 0.1) is 12.7 Å². The Bertz CT molecular complexity index is 569. The van der Waals surface area contributed by atoms with E-state index in [-0.39, 0.29) is 11.8 Å². The molecule has 3 N–H and O–H groups in total. The topological polar surface area (TPSA) is 47.3 Å². The molecule has 0 saturated carbocycles. The molecular formula is C13H14BrFN2OS. The molecule has 0 fully saturated rings. The van der Waals surface area contributed by atoms with Crippen molar-refractivity contribution in [2.24, 2.45) is 5.84 Å². The first-order valence-corrected chi connectivity index (χ1v) is 7.23. The van der Waals surface area contributed by atoms with Crippen molar-refractivity contribution >= 4 is 27.3 Å². The summed E-state index contributed by atoms with van der Waals surface area (Å²) in [4.78, 5) is 1.02. The fourth-order valence-electron chi connectivity index (χ4n) is 1.83. The zero-order valence-corrected chi connectivity index (χ0v) is 12.9. The van der Waals surface area contributed by atoms with Crippen molar-refractivity contribution in [3.63, 3.8) is 0 Å². The maximum Gasteiger partial charge on any atom is 0.165 e. The van der Waals surface area contributed by atoms with Crippen LogP contribution in [-0.4, -0.2) is 7.11 Å². The molecule has 0 saturated heterocycles. The molecule has 1 aromatic carbocycles. The highest BCUT2D eigenvalue weighted by molar-refractivity contribution is 9.11. The lowest BCUT2D eigenvalue weighted by Gasteiger charge is -2.15. The number of thiophene rings is 1. The average molecular weight is 345 g/mol. The van der Waals surface area contributed by atoms with Gasteiger partial charge in [0.15, 0.2) is 11.6 Å². The lowest BCUT2D eigenvalue weighted by molar-refractivity contribution is 0.386. The third-order valence-electron chi connectivity index (χ3n) is 2.84.